The lowest BCUT2D eigenvalue weighted by Gasteiger charge is -2.05. The molecule has 0 fully saturated rings. The third-order valence-corrected chi connectivity index (χ3v) is 3.83. The summed E-state index contributed by atoms with van der Waals surface area (Å²) in [6.45, 7) is 0.463. The highest BCUT2D eigenvalue weighted by atomic mass is 32.2. The molecular weight excluding hydrogens is 264 g/mol. The van der Waals surface area contributed by atoms with E-state index in [9.17, 15) is 8.42 Å². The second-order valence-electron chi connectivity index (χ2n) is 4.42. The lowest BCUT2D eigenvalue weighted by molar-refractivity contribution is 0.594. The first kappa shape index (κ1) is 13.4. The Morgan fingerprint density at radius 1 is 1.47 bits per heavy atom. The summed E-state index contributed by atoms with van der Waals surface area (Å²) in [5, 5.41) is 8.89. The summed E-state index contributed by atoms with van der Waals surface area (Å²) in [5.41, 5.74) is 7.80. The average Bonchev–Trinajstić information content (AvgIpc) is 2.63. The summed E-state index contributed by atoms with van der Waals surface area (Å²) in [4.78, 5) is 4.19. The molecule has 0 unspecified atom stereocenters. The molecule has 0 radical (unpaired) electrons. The van der Waals surface area contributed by atoms with Gasteiger partial charge >= 0.3 is 0 Å². The Bertz CT molecular complexity index is 756. The number of aryl methyl sites for hydroxylation is 1. The molecule has 0 bridgehead atoms. The van der Waals surface area contributed by atoms with Crippen molar-refractivity contribution in [3.05, 3.63) is 23.8 Å². The summed E-state index contributed by atoms with van der Waals surface area (Å²) in [6, 6.07) is 7.18. The van der Waals surface area contributed by atoms with E-state index in [1.807, 2.05) is 0 Å². The van der Waals surface area contributed by atoms with Crippen LogP contribution in [0.5, 0.6) is 0 Å². The predicted octanol–water partition coefficient (Wildman–Crippen LogP) is 0.925. The fourth-order valence-electron chi connectivity index (χ4n) is 1.93. The van der Waals surface area contributed by atoms with Crippen LogP contribution in [0.3, 0.4) is 0 Å². The molecule has 0 aliphatic heterocycles. The number of imidazole rings is 1. The highest BCUT2D eigenvalue weighted by Gasteiger charge is 2.10. The maximum atomic E-state index is 11.1. The van der Waals surface area contributed by atoms with Crippen LogP contribution in [0.4, 0.5) is 5.95 Å². The van der Waals surface area contributed by atoms with Crippen LogP contribution in [0.25, 0.3) is 11.0 Å². The van der Waals surface area contributed by atoms with Gasteiger partial charge in [0.05, 0.1) is 28.4 Å². The molecule has 2 aromatic rings. The number of nitrogen functional groups attached to an aromatic ring is 1. The summed E-state index contributed by atoms with van der Waals surface area (Å²) in [7, 11) is -2.98. The molecule has 100 valence electrons. The fraction of sp³-hybridized carbons (Fsp3) is 0.333. The zero-order valence-corrected chi connectivity index (χ0v) is 11.3. The zero-order chi connectivity index (χ0) is 14.0. The van der Waals surface area contributed by atoms with Gasteiger partial charge in [-0.05, 0) is 24.6 Å². The Kier molecular flexibility index (Phi) is 3.44. The van der Waals surface area contributed by atoms with Gasteiger partial charge in [-0.25, -0.2) is 13.4 Å². The Morgan fingerprint density at radius 2 is 2.21 bits per heavy atom. The van der Waals surface area contributed by atoms with Gasteiger partial charge in [-0.3, -0.25) is 0 Å². The Morgan fingerprint density at radius 3 is 2.84 bits per heavy atom. The van der Waals surface area contributed by atoms with Gasteiger partial charge in [-0.2, -0.15) is 5.26 Å². The van der Waals surface area contributed by atoms with Gasteiger partial charge in [0.25, 0.3) is 0 Å². The lowest BCUT2D eigenvalue weighted by atomic mass is 10.2. The SMILES string of the molecule is CS(=O)(=O)CCCn1c(N)nc2ccc(C#N)cc21. The van der Waals surface area contributed by atoms with Crippen LogP contribution in [0, 0.1) is 11.3 Å². The first-order chi connectivity index (χ1) is 8.90. The molecule has 0 amide bonds. The van der Waals surface area contributed by atoms with Crippen molar-refractivity contribution in [1.82, 2.24) is 9.55 Å². The van der Waals surface area contributed by atoms with Gasteiger partial charge in [-0.15, -0.1) is 0 Å². The molecule has 0 aliphatic carbocycles. The number of hydrogen-bond acceptors (Lipinski definition) is 5. The molecule has 0 spiro atoms. The standard InChI is InChI=1S/C12H14N4O2S/c1-19(17,18)6-2-5-16-11-7-9(8-13)3-4-10(11)15-12(16)14/h3-4,7H,2,5-6H2,1H3,(H2,14,15). The molecule has 1 aromatic heterocycles. The van der Waals surface area contributed by atoms with Crippen LogP contribution < -0.4 is 5.73 Å². The number of hydrogen-bond donors (Lipinski definition) is 1. The van der Waals surface area contributed by atoms with Gasteiger partial charge in [0.1, 0.15) is 9.84 Å². The van der Waals surface area contributed by atoms with E-state index in [2.05, 4.69) is 11.1 Å². The van der Waals surface area contributed by atoms with Gasteiger partial charge in [0.2, 0.25) is 5.95 Å². The van der Waals surface area contributed by atoms with Crippen molar-refractivity contribution in [3.8, 4) is 6.07 Å². The molecule has 0 saturated heterocycles. The Hall–Kier alpha value is -2.07. The number of sulfone groups is 1. The summed E-state index contributed by atoms with van der Waals surface area (Å²) in [5.74, 6) is 0.433. The highest BCUT2D eigenvalue weighted by Crippen LogP contribution is 2.19. The first-order valence-electron chi connectivity index (χ1n) is 5.74. The number of benzene rings is 1. The van der Waals surface area contributed by atoms with Crippen LogP contribution in [-0.4, -0.2) is 30.0 Å². The van der Waals surface area contributed by atoms with E-state index in [1.54, 1.807) is 22.8 Å². The van der Waals surface area contributed by atoms with Gasteiger partial charge in [0.15, 0.2) is 0 Å². The molecule has 1 heterocycles. The van der Waals surface area contributed by atoms with Crippen molar-refractivity contribution >= 4 is 26.8 Å². The average molecular weight is 278 g/mol. The molecule has 2 rings (SSSR count). The monoisotopic (exact) mass is 278 g/mol. The quantitative estimate of drug-likeness (QED) is 0.896. The van der Waals surface area contributed by atoms with Crippen LogP contribution in [0.1, 0.15) is 12.0 Å². The first-order valence-corrected chi connectivity index (χ1v) is 7.80. The molecule has 2 N–H and O–H groups in total. The van der Waals surface area contributed by atoms with E-state index < -0.39 is 9.84 Å². The smallest absolute Gasteiger partial charge is 0.201 e. The van der Waals surface area contributed by atoms with Gasteiger partial charge < -0.3 is 10.3 Å². The minimum Gasteiger partial charge on any atom is -0.369 e. The molecule has 0 atom stereocenters. The molecule has 0 saturated carbocycles. The van der Waals surface area contributed by atoms with Crippen molar-refractivity contribution < 1.29 is 8.42 Å². The molecule has 6 nitrogen and oxygen atoms in total. The van der Waals surface area contributed by atoms with Crippen LogP contribution in [0.2, 0.25) is 0 Å². The van der Waals surface area contributed by atoms with Crippen molar-refractivity contribution in [3.63, 3.8) is 0 Å². The number of anilines is 1. The minimum absolute atomic E-state index is 0.101. The van der Waals surface area contributed by atoms with Crippen molar-refractivity contribution in [2.24, 2.45) is 0 Å². The second-order valence-corrected chi connectivity index (χ2v) is 6.68. The summed E-state index contributed by atoms with van der Waals surface area (Å²) >= 11 is 0. The lowest BCUT2D eigenvalue weighted by Crippen LogP contribution is -2.09. The maximum Gasteiger partial charge on any atom is 0.201 e. The number of nitrogens with zero attached hydrogens (tertiary/aromatic N) is 3. The Balaban J connectivity index is 2.31. The van der Waals surface area contributed by atoms with Crippen LogP contribution in [-0.2, 0) is 16.4 Å². The molecule has 1 aromatic carbocycles. The van der Waals surface area contributed by atoms with E-state index in [0.717, 1.165) is 5.52 Å². The van der Waals surface area contributed by atoms with E-state index in [1.165, 1.54) is 6.26 Å². The molecule has 0 aliphatic rings. The molecule has 7 heteroatoms. The van der Waals surface area contributed by atoms with E-state index in [-0.39, 0.29) is 5.75 Å². The third-order valence-electron chi connectivity index (χ3n) is 2.80. The highest BCUT2D eigenvalue weighted by molar-refractivity contribution is 7.90. The van der Waals surface area contributed by atoms with E-state index in [4.69, 9.17) is 11.0 Å². The normalized spacial score (nSPS) is 11.6. The molecule has 19 heavy (non-hydrogen) atoms. The Labute approximate surface area is 111 Å². The topological polar surface area (TPSA) is 102 Å². The second kappa shape index (κ2) is 4.90. The molecular formula is C12H14N4O2S. The van der Waals surface area contributed by atoms with Gasteiger partial charge in [0, 0.05) is 12.8 Å². The van der Waals surface area contributed by atoms with Gasteiger partial charge in [-0.1, -0.05) is 0 Å². The maximum absolute atomic E-state index is 11.1. The van der Waals surface area contributed by atoms with Crippen LogP contribution in [0.15, 0.2) is 18.2 Å². The number of nitrogens with two attached hydrogens (primary N) is 1. The third kappa shape index (κ3) is 3.03. The summed E-state index contributed by atoms with van der Waals surface area (Å²) < 4.78 is 24.0. The van der Waals surface area contributed by atoms with E-state index >= 15 is 0 Å². The number of fused-ring (bicyclic) bond motifs is 1. The number of aromatic nitrogens is 2. The summed E-state index contributed by atoms with van der Waals surface area (Å²) in [6.07, 6.45) is 1.67. The predicted molar refractivity (Wildman–Crippen MR) is 73.2 cm³/mol. The minimum atomic E-state index is -2.98. The largest absolute Gasteiger partial charge is 0.369 e. The number of nitriles is 1. The van der Waals surface area contributed by atoms with Crippen LogP contribution >= 0.6 is 0 Å². The van der Waals surface area contributed by atoms with Crippen molar-refractivity contribution in [2.75, 3.05) is 17.7 Å². The van der Waals surface area contributed by atoms with Crippen molar-refractivity contribution in [1.29, 1.82) is 5.26 Å². The zero-order valence-electron chi connectivity index (χ0n) is 10.5. The van der Waals surface area contributed by atoms with E-state index in [0.29, 0.717) is 30.0 Å². The van der Waals surface area contributed by atoms with Crippen molar-refractivity contribution in [2.45, 2.75) is 13.0 Å². The number of rotatable bonds is 4. The fourth-order valence-corrected chi connectivity index (χ4v) is 2.58.